The molecule has 1 heterocycles. The van der Waals surface area contributed by atoms with E-state index in [1.54, 1.807) is 48.5 Å². The van der Waals surface area contributed by atoms with Gasteiger partial charge in [-0.15, -0.1) is 11.8 Å². The predicted octanol–water partition coefficient (Wildman–Crippen LogP) is 4.67. The number of rotatable bonds is 5. The van der Waals surface area contributed by atoms with Gasteiger partial charge in [0.15, 0.2) is 0 Å². The van der Waals surface area contributed by atoms with Crippen LogP contribution in [0.5, 0.6) is 0 Å². The van der Waals surface area contributed by atoms with Gasteiger partial charge < -0.3 is 15.5 Å². The van der Waals surface area contributed by atoms with Crippen molar-refractivity contribution in [3.05, 3.63) is 83.4 Å². The van der Waals surface area contributed by atoms with E-state index < -0.39 is 0 Å². The molecule has 6 nitrogen and oxygen atoms in total. The Balaban J connectivity index is 1.48. The number of halogens is 1. The van der Waals surface area contributed by atoms with Gasteiger partial charge in [0.05, 0.1) is 22.8 Å². The summed E-state index contributed by atoms with van der Waals surface area (Å²) in [5.41, 5.74) is 2.07. The minimum Gasteiger partial charge on any atom is -0.323 e. The molecule has 31 heavy (non-hydrogen) atoms. The summed E-state index contributed by atoms with van der Waals surface area (Å²) < 4.78 is 0. The molecule has 0 aliphatic carbocycles. The summed E-state index contributed by atoms with van der Waals surface area (Å²) in [6, 6.07) is 20.9. The molecule has 0 fully saturated rings. The van der Waals surface area contributed by atoms with Crippen LogP contribution in [0.25, 0.3) is 0 Å². The Morgan fingerprint density at radius 1 is 0.903 bits per heavy atom. The average molecular weight is 452 g/mol. The summed E-state index contributed by atoms with van der Waals surface area (Å²) in [4.78, 5) is 40.1. The molecule has 1 aliphatic rings. The number of hydrogen-bond donors (Lipinski definition) is 2. The first-order chi connectivity index (χ1) is 15.0. The second-order valence-corrected chi connectivity index (χ2v) is 8.24. The number of para-hydroxylation sites is 3. The number of nitrogens with zero attached hydrogens (tertiary/aromatic N) is 1. The molecule has 2 N–H and O–H groups in total. The van der Waals surface area contributed by atoms with Crippen LogP contribution in [0.3, 0.4) is 0 Å². The molecule has 4 rings (SSSR count). The zero-order valence-corrected chi connectivity index (χ0v) is 17.9. The van der Waals surface area contributed by atoms with Crippen LogP contribution in [0.15, 0.2) is 77.7 Å². The summed E-state index contributed by atoms with van der Waals surface area (Å²) in [7, 11) is 0. The van der Waals surface area contributed by atoms with Crippen molar-refractivity contribution in [2.75, 3.05) is 27.8 Å². The van der Waals surface area contributed by atoms with Gasteiger partial charge in [-0.1, -0.05) is 35.9 Å². The molecule has 1 aliphatic heterocycles. The molecular weight excluding hydrogens is 434 g/mol. The SMILES string of the molecule is O=C(CN1C(=O)CSc2ccccc21)Nc1ccccc1NC(=O)c1ccc(Cl)cc1. The van der Waals surface area contributed by atoms with E-state index in [1.165, 1.54) is 16.7 Å². The molecule has 3 amide bonds. The number of amides is 3. The minimum atomic E-state index is -0.358. The van der Waals surface area contributed by atoms with Crippen molar-refractivity contribution < 1.29 is 14.4 Å². The fraction of sp³-hybridized carbons (Fsp3) is 0.0870. The lowest BCUT2D eigenvalue weighted by atomic mass is 10.2. The predicted molar refractivity (Wildman–Crippen MR) is 124 cm³/mol. The quantitative estimate of drug-likeness (QED) is 0.591. The van der Waals surface area contributed by atoms with E-state index in [-0.39, 0.29) is 30.0 Å². The summed E-state index contributed by atoms with van der Waals surface area (Å²) in [5, 5.41) is 6.14. The van der Waals surface area contributed by atoms with Crippen LogP contribution in [0, 0.1) is 0 Å². The lowest BCUT2D eigenvalue weighted by molar-refractivity contribution is -0.120. The highest BCUT2D eigenvalue weighted by Gasteiger charge is 2.26. The van der Waals surface area contributed by atoms with Crippen LogP contribution < -0.4 is 15.5 Å². The van der Waals surface area contributed by atoms with E-state index in [2.05, 4.69) is 10.6 Å². The second-order valence-electron chi connectivity index (χ2n) is 6.79. The molecule has 3 aromatic rings. The van der Waals surface area contributed by atoms with Crippen molar-refractivity contribution in [1.82, 2.24) is 0 Å². The highest BCUT2D eigenvalue weighted by molar-refractivity contribution is 8.00. The molecule has 0 saturated heterocycles. The lowest BCUT2D eigenvalue weighted by Crippen LogP contribution is -2.41. The van der Waals surface area contributed by atoms with E-state index in [0.29, 0.717) is 22.0 Å². The third-order valence-electron chi connectivity index (χ3n) is 4.67. The van der Waals surface area contributed by atoms with Crippen molar-refractivity contribution in [3.8, 4) is 0 Å². The fourth-order valence-electron chi connectivity index (χ4n) is 3.16. The Morgan fingerprint density at radius 3 is 2.29 bits per heavy atom. The van der Waals surface area contributed by atoms with Gasteiger partial charge in [-0.05, 0) is 48.5 Å². The molecule has 8 heteroatoms. The van der Waals surface area contributed by atoms with Crippen LogP contribution in [0.1, 0.15) is 10.4 Å². The smallest absolute Gasteiger partial charge is 0.255 e. The first kappa shape index (κ1) is 21.0. The first-order valence-electron chi connectivity index (χ1n) is 9.49. The molecule has 0 radical (unpaired) electrons. The number of nitrogens with one attached hydrogen (secondary N) is 2. The molecule has 0 spiro atoms. The van der Waals surface area contributed by atoms with Crippen molar-refractivity contribution in [2.24, 2.45) is 0 Å². The second kappa shape index (κ2) is 9.24. The molecule has 3 aromatic carbocycles. The normalized spacial score (nSPS) is 12.8. The molecule has 0 aromatic heterocycles. The maximum Gasteiger partial charge on any atom is 0.255 e. The Labute approximate surface area is 188 Å². The third-order valence-corrected chi connectivity index (χ3v) is 5.97. The zero-order chi connectivity index (χ0) is 21.8. The maximum absolute atomic E-state index is 12.7. The van der Waals surface area contributed by atoms with Crippen LogP contribution in [0.2, 0.25) is 5.02 Å². The van der Waals surface area contributed by atoms with Crippen LogP contribution in [0.4, 0.5) is 17.1 Å². The van der Waals surface area contributed by atoms with Gasteiger partial charge in [0.2, 0.25) is 11.8 Å². The van der Waals surface area contributed by atoms with Gasteiger partial charge in [-0.3, -0.25) is 14.4 Å². The van der Waals surface area contributed by atoms with Gasteiger partial charge in [0.1, 0.15) is 6.54 Å². The summed E-state index contributed by atoms with van der Waals surface area (Å²) in [5.74, 6) is -0.514. The molecule has 156 valence electrons. The number of carbonyl (C=O) groups is 3. The number of hydrogen-bond acceptors (Lipinski definition) is 4. The molecule has 0 atom stereocenters. The topological polar surface area (TPSA) is 78.5 Å². The van der Waals surface area contributed by atoms with E-state index in [9.17, 15) is 14.4 Å². The third kappa shape index (κ3) is 4.90. The molecule has 0 bridgehead atoms. The minimum absolute atomic E-state index is 0.115. The van der Waals surface area contributed by atoms with Gasteiger partial charge >= 0.3 is 0 Å². The van der Waals surface area contributed by atoms with Gasteiger partial charge in [0.25, 0.3) is 5.91 Å². The van der Waals surface area contributed by atoms with Gasteiger partial charge in [-0.25, -0.2) is 0 Å². The largest absolute Gasteiger partial charge is 0.323 e. The Kier molecular flexibility index (Phi) is 6.25. The highest BCUT2D eigenvalue weighted by Crippen LogP contribution is 2.34. The maximum atomic E-state index is 12.7. The van der Waals surface area contributed by atoms with E-state index in [0.717, 1.165) is 10.6 Å². The first-order valence-corrected chi connectivity index (χ1v) is 10.9. The monoisotopic (exact) mass is 451 g/mol. The summed E-state index contributed by atoms with van der Waals surface area (Å²) in [6.07, 6.45) is 0. The van der Waals surface area contributed by atoms with Crippen LogP contribution >= 0.6 is 23.4 Å². The number of anilines is 3. The Hall–Kier alpha value is -3.29. The number of thioether (sulfide) groups is 1. The van der Waals surface area contributed by atoms with Gasteiger partial charge in [0, 0.05) is 15.5 Å². The highest BCUT2D eigenvalue weighted by atomic mass is 35.5. The van der Waals surface area contributed by atoms with Gasteiger partial charge in [-0.2, -0.15) is 0 Å². The number of fused-ring (bicyclic) bond motifs is 1. The van der Waals surface area contributed by atoms with Crippen molar-refractivity contribution in [1.29, 1.82) is 0 Å². The van der Waals surface area contributed by atoms with E-state index >= 15 is 0 Å². The fourth-order valence-corrected chi connectivity index (χ4v) is 4.22. The lowest BCUT2D eigenvalue weighted by Gasteiger charge is -2.28. The average Bonchev–Trinajstić information content (AvgIpc) is 2.77. The number of benzene rings is 3. The van der Waals surface area contributed by atoms with Crippen molar-refractivity contribution >= 4 is 58.1 Å². The molecule has 0 saturated carbocycles. The summed E-state index contributed by atoms with van der Waals surface area (Å²) in [6.45, 7) is -0.115. The van der Waals surface area contributed by atoms with Crippen molar-refractivity contribution in [3.63, 3.8) is 0 Å². The Morgan fingerprint density at radius 2 is 1.55 bits per heavy atom. The summed E-state index contributed by atoms with van der Waals surface area (Å²) >= 11 is 7.33. The van der Waals surface area contributed by atoms with Crippen LogP contribution in [-0.4, -0.2) is 30.0 Å². The standard InChI is InChI=1S/C23H18ClN3O3S/c24-16-11-9-15(10-12-16)23(30)26-18-6-2-1-5-17(18)25-21(28)13-27-19-7-3-4-8-20(19)31-14-22(27)29/h1-12H,13-14H2,(H,25,28)(H,26,30). The van der Waals surface area contributed by atoms with E-state index in [1.807, 2.05) is 24.3 Å². The molecule has 0 unspecified atom stereocenters. The van der Waals surface area contributed by atoms with E-state index in [4.69, 9.17) is 11.6 Å². The van der Waals surface area contributed by atoms with Crippen LogP contribution in [-0.2, 0) is 9.59 Å². The zero-order valence-electron chi connectivity index (χ0n) is 16.3. The molecular formula is C23H18ClN3O3S. The van der Waals surface area contributed by atoms with Crippen molar-refractivity contribution in [2.45, 2.75) is 4.90 Å². The number of carbonyl (C=O) groups excluding carboxylic acids is 3. The Bertz CT molecular complexity index is 1150.